The lowest BCUT2D eigenvalue weighted by Gasteiger charge is -1.99. The van der Waals surface area contributed by atoms with Crippen LogP contribution < -0.4 is 5.32 Å². The van der Waals surface area contributed by atoms with E-state index in [2.05, 4.69) is 22.1 Å². The molecule has 124 valence electrons. The molecule has 0 saturated carbocycles. The van der Waals surface area contributed by atoms with Crippen LogP contribution in [0.3, 0.4) is 0 Å². The standard InChI is InChI=1S/C21H18N2O2/c24-20(22-15-7-10-17-8-3-1-4-9-17)13-14-21-23-16-19(25-21)18-11-5-2-6-12-18/h1-6,8-9,11-12,16H,13-15H2,(H,22,24). The normalized spacial score (nSPS) is 9.92. The molecule has 0 aliphatic heterocycles. The minimum absolute atomic E-state index is 0.0678. The van der Waals surface area contributed by atoms with Gasteiger partial charge in [0.25, 0.3) is 0 Å². The second-order valence-corrected chi connectivity index (χ2v) is 5.43. The van der Waals surface area contributed by atoms with Crippen molar-refractivity contribution in [2.75, 3.05) is 6.54 Å². The first-order chi connectivity index (χ1) is 12.3. The predicted molar refractivity (Wildman–Crippen MR) is 96.6 cm³/mol. The number of aromatic nitrogens is 1. The van der Waals surface area contributed by atoms with Crippen LogP contribution in [0.4, 0.5) is 0 Å². The maximum absolute atomic E-state index is 11.9. The number of carbonyl (C=O) groups excluding carboxylic acids is 1. The molecular weight excluding hydrogens is 312 g/mol. The van der Waals surface area contributed by atoms with Crippen LogP contribution in [0.2, 0.25) is 0 Å². The number of amides is 1. The summed E-state index contributed by atoms with van der Waals surface area (Å²) in [5, 5.41) is 2.78. The molecule has 0 bridgehead atoms. The van der Waals surface area contributed by atoms with Crippen molar-refractivity contribution in [1.29, 1.82) is 0 Å². The van der Waals surface area contributed by atoms with Crippen molar-refractivity contribution < 1.29 is 9.21 Å². The van der Waals surface area contributed by atoms with Crippen LogP contribution in [-0.2, 0) is 11.2 Å². The summed E-state index contributed by atoms with van der Waals surface area (Å²) in [6.07, 6.45) is 2.47. The van der Waals surface area contributed by atoms with Gasteiger partial charge in [-0.3, -0.25) is 4.79 Å². The van der Waals surface area contributed by atoms with E-state index in [-0.39, 0.29) is 5.91 Å². The van der Waals surface area contributed by atoms with Crippen molar-refractivity contribution in [3.05, 3.63) is 78.3 Å². The van der Waals surface area contributed by atoms with Crippen molar-refractivity contribution in [3.8, 4) is 23.2 Å². The molecule has 1 heterocycles. The molecule has 4 nitrogen and oxygen atoms in total. The summed E-state index contributed by atoms with van der Waals surface area (Å²) >= 11 is 0. The van der Waals surface area contributed by atoms with E-state index in [1.54, 1.807) is 6.20 Å². The summed E-state index contributed by atoms with van der Waals surface area (Å²) < 4.78 is 5.68. The molecule has 1 N–H and O–H groups in total. The largest absolute Gasteiger partial charge is 0.441 e. The van der Waals surface area contributed by atoms with Gasteiger partial charge < -0.3 is 9.73 Å². The zero-order valence-electron chi connectivity index (χ0n) is 13.7. The summed E-state index contributed by atoms with van der Waals surface area (Å²) in [7, 11) is 0. The van der Waals surface area contributed by atoms with E-state index < -0.39 is 0 Å². The second-order valence-electron chi connectivity index (χ2n) is 5.43. The average Bonchev–Trinajstić information content (AvgIpc) is 3.14. The Hall–Kier alpha value is -3.32. The Balaban J connectivity index is 1.44. The summed E-state index contributed by atoms with van der Waals surface area (Å²) in [4.78, 5) is 16.1. The van der Waals surface area contributed by atoms with E-state index in [9.17, 15) is 4.79 Å². The van der Waals surface area contributed by atoms with Gasteiger partial charge in [-0.25, -0.2) is 4.98 Å². The predicted octanol–water partition coefficient (Wildman–Crippen LogP) is 3.44. The van der Waals surface area contributed by atoms with Crippen molar-refractivity contribution in [2.24, 2.45) is 0 Å². The smallest absolute Gasteiger partial charge is 0.221 e. The molecule has 0 fully saturated rings. The minimum Gasteiger partial charge on any atom is -0.441 e. The number of carbonyl (C=O) groups is 1. The molecule has 4 heteroatoms. The van der Waals surface area contributed by atoms with Crippen LogP contribution >= 0.6 is 0 Å². The maximum atomic E-state index is 11.9. The summed E-state index contributed by atoms with van der Waals surface area (Å²) in [5.41, 5.74) is 1.91. The number of nitrogens with zero attached hydrogens (tertiary/aromatic N) is 1. The lowest BCUT2D eigenvalue weighted by molar-refractivity contribution is -0.120. The lowest BCUT2D eigenvalue weighted by atomic mass is 10.2. The zero-order chi connectivity index (χ0) is 17.3. The molecule has 3 aromatic rings. The van der Waals surface area contributed by atoms with Crippen LogP contribution in [0.5, 0.6) is 0 Å². The van der Waals surface area contributed by atoms with E-state index in [1.165, 1.54) is 0 Å². The second kappa shape index (κ2) is 8.51. The lowest BCUT2D eigenvalue weighted by Crippen LogP contribution is -2.23. The van der Waals surface area contributed by atoms with Gasteiger partial charge in [-0.1, -0.05) is 60.4 Å². The van der Waals surface area contributed by atoms with Crippen molar-refractivity contribution >= 4 is 5.91 Å². The van der Waals surface area contributed by atoms with Gasteiger partial charge in [-0.2, -0.15) is 0 Å². The van der Waals surface area contributed by atoms with Crippen LogP contribution in [0.25, 0.3) is 11.3 Å². The topological polar surface area (TPSA) is 55.1 Å². The Bertz CT molecular complexity index is 874. The molecule has 3 rings (SSSR count). The Labute approximate surface area is 146 Å². The van der Waals surface area contributed by atoms with Gasteiger partial charge >= 0.3 is 0 Å². The molecule has 0 saturated heterocycles. The van der Waals surface area contributed by atoms with E-state index in [1.807, 2.05) is 60.7 Å². The molecule has 2 aromatic carbocycles. The first-order valence-corrected chi connectivity index (χ1v) is 8.12. The first-order valence-electron chi connectivity index (χ1n) is 8.12. The monoisotopic (exact) mass is 330 g/mol. The number of rotatable bonds is 5. The maximum Gasteiger partial charge on any atom is 0.221 e. The summed E-state index contributed by atoms with van der Waals surface area (Å²) in [5.74, 6) is 7.14. The van der Waals surface area contributed by atoms with Gasteiger partial charge in [0.1, 0.15) is 0 Å². The number of aryl methyl sites for hydroxylation is 1. The van der Waals surface area contributed by atoms with E-state index in [0.717, 1.165) is 11.1 Å². The summed E-state index contributed by atoms with van der Waals surface area (Å²) in [6.45, 7) is 0.328. The number of hydrogen-bond acceptors (Lipinski definition) is 3. The molecule has 1 aromatic heterocycles. The number of hydrogen-bond donors (Lipinski definition) is 1. The molecule has 0 aliphatic rings. The first kappa shape index (κ1) is 16.5. The SMILES string of the molecule is O=C(CCc1ncc(-c2ccccc2)o1)NCC#Cc1ccccc1. The quantitative estimate of drug-likeness (QED) is 0.729. The molecule has 1 amide bonds. The van der Waals surface area contributed by atoms with E-state index >= 15 is 0 Å². The van der Waals surface area contributed by atoms with Crippen LogP contribution in [-0.4, -0.2) is 17.4 Å². The average molecular weight is 330 g/mol. The Morgan fingerprint density at radius 2 is 1.76 bits per heavy atom. The molecule has 0 unspecified atom stereocenters. The van der Waals surface area contributed by atoms with E-state index in [4.69, 9.17) is 4.42 Å². The number of benzene rings is 2. The van der Waals surface area contributed by atoms with Gasteiger partial charge in [0, 0.05) is 24.0 Å². The van der Waals surface area contributed by atoms with Crippen molar-refractivity contribution in [2.45, 2.75) is 12.8 Å². The van der Waals surface area contributed by atoms with Gasteiger partial charge in [0.05, 0.1) is 12.7 Å². The third-order valence-corrected chi connectivity index (χ3v) is 3.56. The minimum atomic E-state index is -0.0678. The van der Waals surface area contributed by atoms with Crippen LogP contribution in [0.15, 0.2) is 71.3 Å². The molecule has 25 heavy (non-hydrogen) atoms. The van der Waals surface area contributed by atoms with E-state index in [0.29, 0.717) is 31.0 Å². The van der Waals surface area contributed by atoms with Gasteiger partial charge in [-0.05, 0) is 12.1 Å². The molecule has 0 radical (unpaired) electrons. The molecule has 0 spiro atoms. The fraction of sp³-hybridized carbons (Fsp3) is 0.143. The zero-order valence-corrected chi connectivity index (χ0v) is 13.7. The van der Waals surface area contributed by atoms with Crippen molar-refractivity contribution in [1.82, 2.24) is 10.3 Å². The molecule has 0 atom stereocenters. The van der Waals surface area contributed by atoms with Gasteiger partial charge in [-0.15, -0.1) is 0 Å². The van der Waals surface area contributed by atoms with Crippen molar-refractivity contribution in [3.63, 3.8) is 0 Å². The number of nitrogens with one attached hydrogen (secondary N) is 1. The Kier molecular flexibility index (Phi) is 5.63. The highest BCUT2D eigenvalue weighted by Crippen LogP contribution is 2.20. The fourth-order valence-electron chi connectivity index (χ4n) is 2.28. The highest BCUT2D eigenvalue weighted by atomic mass is 16.4. The summed E-state index contributed by atoms with van der Waals surface area (Å²) in [6, 6.07) is 19.4. The molecule has 0 aliphatic carbocycles. The van der Waals surface area contributed by atoms with Crippen LogP contribution in [0.1, 0.15) is 17.9 Å². The van der Waals surface area contributed by atoms with Gasteiger partial charge in [0.2, 0.25) is 5.91 Å². The highest BCUT2D eigenvalue weighted by molar-refractivity contribution is 5.76. The third kappa shape index (κ3) is 5.08. The Morgan fingerprint density at radius 3 is 2.52 bits per heavy atom. The third-order valence-electron chi connectivity index (χ3n) is 3.56. The molecular formula is C21H18N2O2. The highest BCUT2D eigenvalue weighted by Gasteiger charge is 2.08. The Morgan fingerprint density at radius 1 is 1.04 bits per heavy atom. The number of oxazole rings is 1. The fourth-order valence-corrected chi connectivity index (χ4v) is 2.28. The van der Waals surface area contributed by atoms with Crippen LogP contribution in [0, 0.1) is 11.8 Å². The van der Waals surface area contributed by atoms with Gasteiger partial charge in [0.15, 0.2) is 11.7 Å².